The van der Waals surface area contributed by atoms with Crippen LogP contribution in [-0.2, 0) is 4.79 Å². The third kappa shape index (κ3) is 1.72. The zero-order chi connectivity index (χ0) is 10.9. The molecular formula is C9H15N3OS. The quantitative estimate of drug-likeness (QED) is 0.611. The summed E-state index contributed by atoms with van der Waals surface area (Å²) < 4.78 is 0. The normalized spacial score (nSPS) is 19.3. The number of carbonyl (C=O) groups is 1. The number of rotatable bonds is 1. The molecule has 0 aromatic heterocycles. The zero-order valence-electron chi connectivity index (χ0n) is 8.84. The smallest absolute Gasteiger partial charge is 0.248 e. The monoisotopic (exact) mass is 213 g/mol. The van der Waals surface area contributed by atoms with Crippen molar-refractivity contribution >= 4 is 23.2 Å². The Kier molecular flexibility index (Phi) is 2.80. The van der Waals surface area contributed by atoms with Gasteiger partial charge in [-0.25, -0.2) is 0 Å². The van der Waals surface area contributed by atoms with Crippen LogP contribution in [0.3, 0.4) is 0 Å². The average Bonchev–Trinajstić information content (AvgIpc) is 2.30. The van der Waals surface area contributed by atoms with Crippen molar-refractivity contribution in [3.05, 3.63) is 11.8 Å². The van der Waals surface area contributed by atoms with Crippen molar-refractivity contribution in [2.24, 2.45) is 0 Å². The molecule has 4 nitrogen and oxygen atoms in total. The van der Waals surface area contributed by atoms with Crippen LogP contribution in [0.2, 0.25) is 0 Å². The predicted molar refractivity (Wildman–Crippen MR) is 59.7 cm³/mol. The van der Waals surface area contributed by atoms with E-state index in [1.165, 1.54) is 0 Å². The maximum Gasteiger partial charge on any atom is 0.248 e. The summed E-state index contributed by atoms with van der Waals surface area (Å²) in [5.74, 6) is -0.00333. The van der Waals surface area contributed by atoms with Gasteiger partial charge < -0.3 is 15.5 Å². The van der Waals surface area contributed by atoms with Crippen LogP contribution in [0.4, 0.5) is 0 Å². The molecule has 1 aliphatic heterocycles. The maximum absolute atomic E-state index is 11.4. The Hall–Kier alpha value is -1.10. The minimum absolute atomic E-state index is 0.00333. The fourth-order valence-corrected chi connectivity index (χ4v) is 1.34. The number of likely N-dealkylation sites (N-methyl/N-ethyl adjacent to an activating group) is 1. The van der Waals surface area contributed by atoms with E-state index in [0.29, 0.717) is 5.11 Å². The largest absolute Gasteiger partial charge is 0.366 e. The van der Waals surface area contributed by atoms with Crippen LogP contribution < -0.4 is 10.6 Å². The van der Waals surface area contributed by atoms with Gasteiger partial charge in [0.1, 0.15) is 0 Å². The molecular weight excluding hydrogens is 198 g/mol. The highest BCUT2D eigenvalue weighted by molar-refractivity contribution is 7.80. The first kappa shape index (κ1) is 11.0. The molecule has 0 aromatic carbocycles. The first-order chi connectivity index (χ1) is 6.39. The highest BCUT2D eigenvalue weighted by Gasteiger charge is 2.37. The number of carbonyl (C=O) groups excluding carboxylic acids is 1. The van der Waals surface area contributed by atoms with E-state index in [1.807, 2.05) is 13.8 Å². The van der Waals surface area contributed by atoms with Crippen molar-refractivity contribution in [3.63, 3.8) is 0 Å². The van der Waals surface area contributed by atoms with Crippen molar-refractivity contribution in [1.29, 1.82) is 0 Å². The van der Waals surface area contributed by atoms with Gasteiger partial charge in [-0.3, -0.25) is 4.79 Å². The van der Waals surface area contributed by atoms with E-state index < -0.39 is 0 Å². The lowest BCUT2D eigenvalue weighted by molar-refractivity contribution is -0.126. The van der Waals surface area contributed by atoms with Gasteiger partial charge in [0.05, 0.1) is 5.54 Å². The Bertz CT molecular complexity index is 309. The fraction of sp³-hybridized carbons (Fsp3) is 0.556. The fourth-order valence-electron chi connectivity index (χ4n) is 1.23. The summed E-state index contributed by atoms with van der Waals surface area (Å²) in [5.41, 5.74) is 0.502. The van der Waals surface area contributed by atoms with E-state index in [-0.39, 0.29) is 11.4 Å². The molecule has 1 rings (SSSR count). The van der Waals surface area contributed by atoms with Gasteiger partial charge in [0.25, 0.3) is 0 Å². The minimum Gasteiger partial charge on any atom is -0.366 e. The van der Waals surface area contributed by atoms with E-state index in [4.69, 9.17) is 12.2 Å². The van der Waals surface area contributed by atoms with Crippen molar-refractivity contribution < 1.29 is 4.79 Å². The van der Waals surface area contributed by atoms with E-state index in [1.54, 1.807) is 25.1 Å². The number of nitrogens with zero attached hydrogens (tertiary/aromatic N) is 1. The Balaban J connectivity index is 2.84. The highest BCUT2D eigenvalue weighted by atomic mass is 32.1. The van der Waals surface area contributed by atoms with Crippen molar-refractivity contribution in [1.82, 2.24) is 15.5 Å². The van der Waals surface area contributed by atoms with Crippen LogP contribution in [0.15, 0.2) is 11.8 Å². The molecule has 1 aliphatic rings. The first-order valence-electron chi connectivity index (χ1n) is 4.38. The lowest BCUT2D eigenvalue weighted by Gasteiger charge is -2.31. The summed E-state index contributed by atoms with van der Waals surface area (Å²) in [6, 6.07) is 0. The molecule has 0 bridgehead atoms. The van der Waals surface area contributed by atoms with E-state index >= 15 is 0 Å². The molecule has 2 N–H and O–H groups in total. The third-order valence-corrected chi connectivity index (χ3v) is 2.88. The number of nitrogens with one attached hydrogen (secondary N) is 2. The molecule has 0 fully saturated rings. The third-order valence-electron chi connectivity index (χ3n) is 2.57. The Morgan fingerprint density at radius 3 is 2.50 bits per heavy atom. The molecule has 0 saturated carbocycles. The maximum atomic E-state index is 11.4. The van der Waals surface area contributed by atoms with Gasteiger partial charge in [0.15, 0.2) is 5.11 Å². The SMILES string of the molecule is CNC(=S)NC1=CC(=O)N(C)C1(C)C. The summed E-state index contributed by atoms with van der Waals surface area (Å²) in [7, 11) is 3.51. The molecule has 0 atom stereocenters. The topological polar surface area (TPSA) is 44.4 Å². The molecule has 0 spiro atoms. The van der Waals surface area contributed by atoms with Crippen molar-refractivity contribution in [2.45, 2.75) is 19.4 Å². The molecule has 0 aromatic rings. The van der Waals surface area contributed by atoms with Crippen LogP contribution in [0, 0.1) is 0 Å². The van der Waals surface area contributed by atoms with Crippen LogP contribution in [-0.4, -0.2) is 35.6 Å². The van der Waals surface area contributed by atoms with Gasteiger partial charge >= 0.3 is 0 Å². The minimum atomic E-state index is -0.321. The second-order valence-electron chi connectivity index (χ2n) is 3.72. The van der Waals surface area contributed by atoms with Crippen LogP contribution in [0.1, 0.15) is 13.8 Å². The molecule has 78 valence electrons. The Morgan fingerprint density at radius 2 is 2.14 bits per heavy atom. The summed E-state index contributed by atoms with van der Waals surface area (Å²) >= 11 is 4.98. The van der Waals surface area contributed by atoms with Crippen molar-refractivity contribution in [2.75, 3.05) is 14.1 Å². The van der Waals surface area contributed by atoms with Gasteiger partial charge in [-0.1, -0.05) is 0 Å². The second kappa shape index (κ2) is 3.57. The number of hydrogen-bond acceptors (Lipinski definition) is 2. The van der Waals surface area contributed by atoms with Gasteiger partial charge in [-0.05, 0) is 26.1 Å². The molecule has 1 heterocycles. The standard InChI is InChI=1S/C9H15N3OS/c1-9(2)6(11-8(14)10-3)5-7(13)12(9)4/h5H,1-4H3,(H2,10,11,14). The van der Waals surface area contributed by atoms with E-state index in [2.05, 4.69) is 10.6 Å². The Labute approximate surface area is 89.3 Å². The number of hydrogen-bond donors (Lipinski definition) is 2. The zero-order valence-corrected chi connectivity index (χ0v) is 9.66. The van der Waals surface area contributed by atoms with Gasteiger partial charge in [-0.15, -0.1) is 0 Å². The molecule has 5 heteroatoms. The van der Waals surface area contributed by atoms with Gasteiger partial charge in [0, 0.05) is 25.9 Å². The summed E-state index contributed by atoms with van der Waals surface area (Å²) in [5, 5.41) is 6.33. The van der Waals surface area contributed by atoms with Crippen LogP contribution in [0.5, 0.6) is 0 Å². The van der Waals surface area contributed by atoms with E-state index in [0.717, 1.165) is 5.70 Å². The molecule has 14 heavy (non-hydrogen) atoms. The Morgan fingerprint density at radius 1 is 1.57 bits per heavy atom. The second-order valence-corrected chi connectivity index (χ2v) is 4.13. The van der Waals surface area contributed by atoms with Crippen molar-refractivity contribution in [3.8, 4) is 0 Å². The summed E-state index contributed by atoms with van der Waals surface area (Å²) in [6.45, 7) is 3.93. The predicted octanol–water partition coefficient (Wildman–Crippen LogP) is 0.215. The lowest BCUT2D eigenvalue weighted by atomic mass is 10.0. The first-order valence-corrected chi connectivity index (χ1v) is 4.79. The van der Waals surface area contributed by atoms with Gasteiger partial charge in [-0.2, -0.15) is 0 Å². The summed E-state index contributed by atoms with van der Waals surface area (Å²) in [4.78, 5) is 13.1. The van der Waals surface area contributed by atoms with Gasteiger partial charge in [0.2, 0.25) is 5.91 Å². The summed E-state index contributed by atoms with van der Waals surface area (Å²) in [6.07, 6.45) is 1.57. The molecule has 0 aliphatic carbocycles. The number of amides is 1. The molecule has 0 unspecified atom stereocenters. The van der Waals surface area contributed by atoms with Crippen LogP contribution >= 0.6 is 12.2 Å². The highest BCUT2D eigenvalue weighted by Crippen LogP contribution is 2.26. The van der Waals surface area contributed by atoms with Crippen LogP contribution in [0.25, 0.3) is 0 Å². The van der Waals surface area contributed by atoms with E-state index in [9.17, 15) is 4.79 Å². The molecule has 0 radical (unpaired) electrons. The number of thiocarbonyl (C=S) groups is 1. The molecule has 1 amide bonds. The lowest BCUT2D eigenvalue weighted by Crippen LogP contribution is -2.46. The molecule has 0 saturated heterocycles. The average molecular weight is 213 g/mol.